The van der Waals surface area contributed by atoms with Gasteiger partial charge in [-0.15, -0.1) is 0 Å². The van der Waals surface area contributed by atoms with E-state index >= 15 is 0 Å². The van der Waals surface area contributed by atoms with E-state index in [0.717, 1.165) is 19.5 Å². The Kier molecular flexibility index (Phi) is 33.1. The molecular formula is C21H46N2O3. The highest BCUT2D eigenvalue weighted by molar-refractivity contribution is 5.77. The number of aldehydes is 1. The molecule has 0 bridgehead atoms. The number of carbonyl (C=O) groups excluding carboxylic acids is 2. The zero-order valence-electron chi connectivity index (χ0n) is 18.4. The van der Waals surface area contributed by atoms with Crippen molar-refractivity contribution in [3.63, 3.8) is 0 Å². The van der Waals surface area contributed by atoms with Crippen molar-refractivity contribution >= 4 is 12.2 Å². The van der Waals surface area contributed by atoms with Crippen LogP contribution in [0.25, 0.3) is 0 Å². The Morgan fingerprint density at radius 1 is 0.885 bits per heavy atom. The van der Waals surface area contributed by atoms with Crippen molar-refractivity contribution in [3.05, 3.63) is 0 Å². The number of ether oxygens (including phenoxy) is 1. The Morgan fingerprint density at radius 3 is 1.62 bits per heavy atom. The fraction of sp³-hybridized carbons (Fsp3) is 0.905. The summed E-state index contributed by atoms with van der Waals surface area (Å²) in [6.45, 7) is 10.1. The number of nitrogens with one attached hydrogen (secondary N) is 2. The van der Waals surface area contributed by atoms with Crippen LogP contribution in [0.2, 0.25) is 0 Å². The van der Waals surface area contributed by atoms with Crippen LogP contribution in [0.4, 0.5) is 0 Å². The lowest BCUT2D eigenvalue weighted by molar-refractivity contribution is -0.124. The molecule has 5 heteroatoms. The van der Waals surface area contributed by atoms with Gasteiger partial charge in [0.2, 0.25) is 5.91 Å². The topological polar surface area (TPSA) is 67.4 Å². The summed E-state index contributed by atoms with van der Waals surface area (Å²) in [7, 11) is 3.50. The zero-order valence-corrected chi connectivity index (χ0v) is 18.4. The van der Waals surface area contributed by atoms with Crippen LogP contribution in [-0.2, 0) is 14.3 Å². The number of hydrogen-bond acceptors (Lipinski definition) is 4. The van der Waals surface area contributed by atoms with Gasteiger partial charge in [-0.05, 0) is 26.4 Å². The van der Waals surface area contributed by atoms with Gasteiger partial charge in [0.25, 0.3) is 0 Å². The molecule has 0 aromatic heterocycles. The molecule has 0 saturated carbocycles. The Balaban J connectivity index is -0.000000645. The van der Waals surface area contributed by atoms with Gasteiger partial charge in [-0.25, -0.2) is 0 Å². The monoisotopic (exact) mass is 374 g/mol. The third-order valence-electron chi connectivity index (χ3n) is 3.66. The Labute approximate surface area is 163 Å². The summed E-state index contributed by atoms with van der Waals surface area (Å²) in [6.07, 6.45) is 12.6. The van der Waals surface area contributed by atoms with E-state index in [9.17, 15) is 9.59 Å². The third kappa shape index (κ3) is 30.9. The first kappa shape index (κ1) is 29.8. The lowest BCUT2D eigenvalue weighted by atomic mass is 10.1. The maximum Gasteiger partial charge on any atom is 0.222 e. The number of unbranched alkanes of at least 4 members (excludes halogenated alkanes) is 8. The lowest BCUT2D eigenvalue weighted by Crippen LogP contribution is -2.28. The highest BCUT2D eigenvalue weighted by Crippen LogP contribution is 2.09. The van der Waals surface area contributed by atoms with Gasteiger partial charge < -0.3 is 20.2 Å². The third-order valence-corrected chi connectivity index (χ3v) is 3.66. The predicted octanol–water partition coefficient (Wildman–Crippen LogP) is 4.35. The maximum atomic E-state index is 11.3. The van der Waals surface area contributed by atoms with Crippen molar-refractivity contribution < 1.29 is 14.3 Å². The van der Waals surface area contributed by atoms with Crippen LogP contribution >= 0.6 is 0 Å². The summed E-state index contributed by atoms with van der Waals surface area (Å²) in [5, 5.41) is 6.15. The van der Waals surface area contributed by atoms with Gasteiger partial charge in [0.05, 0.1) is 0 Å². The van der Waals surface area contributed by atoms with Crippen LogP contribution < -0.4 is 10.6 Å². The molecule has 0 unspecified atom stereocenters. The fourth-order valence-corrected chi connectivity index (χ4v) is 2.15. The second-order valence-corrected chi connectivity index (χ2v) is 6.35. The Bertz CT molecular complexity index is 272. The molecular weight excluding hydrogens is 328 g/mol. The molecule has 5 nitrogen and oxygen atoms in total. The summed E-state index contributed by atoms with van der Waals surface area (Å²) >= 11 is 0. The first-order valence-corrected chi connectivity index (χ1v) is 10.4. The fourth-order valence-electron chi connectivity index (χ4n) is 2.15. The summed E-state index contributed by atoms with van der Waals surface area (Å²) in [6, 6.07) is 0. The molecule has 0 radical (unpaired) electrons. The molecule has 0 rings (SSSR count). The van der Waals surface area contributed by atoms with Crippen molar-refractivity contribution in [1.29, 1.82) is 0 Å². The van der Waals surface area contributed by atoms with Gasteiger partial charge in [-0.2, -0.15) is 0 Å². The molecule has 0 aromatic carbocycles. The molecule has 0 aromatic rings. The van der Waals surface area contributed by atoms with Crippen molar-refractivity contribution in [2.75, 3.05) is 33.9 Å². The second-order valence-electron chi connectivity index (χ2n) is 6.35. The van der Waals surface area contributed by atoms with Crippen molar-refractivity contribution in [3.8, 4) is 0 Å². The second kappa shape index (κ2) is 28.8. The van der Waals surface area contributed by atoms with E-state index in [1.807, 2.05) is 34.7 Å². The highest BCUT2D eigenvalue weighted by Gasteiger charge is 2.04. The van der Waals surface area contributed by atoms with Crippen molar-refractivity contribution in [2.24, 2.45) is 5.92 Å². The van der Waals surface area contributed by atoms with Crippen LogP contribution in [0.15, 0.2) is 0 Å². The van der Waals surface area contributed by atoms with E-state index in [1.165, 1.54) is 58.5 Å². The zero-order chi connectivity index (χ0) is 20.5. The molecule has 0 spiro atoms. The van der Waals surface area contributed by atoms with Crippen LogP contribution in [0.3, 0.4) is 0 Å². The van der Waals surface area contributed by atoms with Crippen LogP contribution in [0.1, 0.15) is 85.5 Å². The van der Waals surface area contributed by atoms with Crippen LogP contribution in [0.5, 0.6) is 0 Å². The first-order valence-electron chi connectivity index (χ1n) is 10.4. The molecule has 1 amide bonds. The summed E-state index contributed by atoms with van der Waals surface area (Å²) in [5.41, 5.74) is 0. The van der Waals surface area contributed by atoms with E-state index in [1.54, 1.807) is 0 Å². The molecule has 2 N–H and O–H groups in total. The van der Waals surface area contributed by atoms with Gasteiger partial charge >= 0.3 is 0 Å². The standard InChI is InChI=1S/C16H34N2O.C3H6O2.C2H6/c1-15(2)16(19)18-14-12-10-8-6-4-5-7-9-11-13-17-3;1-5-3-2-4;1-2/h15,17H,4-14H2,1-3H3,(H,18,19);2H,3H2,1H3;1-2H3. The minimum Gasteiger partial charge on any atom is -0.377 e. The number of amides is 1. The first-order chi connectivity index (χ1) is 12.6. The lowest BCUT2D eigenvalue weighted by Gasteiger charge is -2.07. The van der Waals surface area contributed by atoms with E-state index in [0.29, 0.717) is 6.29 Å². The molecule has 0 atom stereocenters. The minimum atomic E-state index is 0.114. The normalized spacial score (nSPS) is 9.65. The number of hydrogen-bond donors (Lipinski definition) is 2. The summed E-state index contributed by atoms with van der Waals surface area (Å²) < 4.78 is 4.32. The van der Waals surface area contributed by atoms with Crippen molar-refractivity contribution in [1.82, 2.24) is 10.6 Å². The van der Waals surface area contributed by atoms with E-state index in [2.05, 4.69) is 15.4 Å². The molecule has 0 aliphatic carbocycles. The van der Waals surface area contributed by atoms with Gasteiger partial charge in [-0.3, -0.25) is 4.79 Å². The Morgan fingerprint density at radius 2 is 1.31 bits per heavy atom. The molecule has 0 fully saturated rings. The molecule has 26 heavy (non-hydrogen) atoms. The molecule has 0 aliphatic heterocycles. The smallest absolute Gasteiger partial charge is 0.222 e. The van der Waals surface area contributed by atoms with E-state index in [4.69, 9.17) is 0 Å². The highest BCUT2D eigenvalue weighted by atomic mass is 16.5. The van der Waals surface area contributed by atoms with E-state index < -0.39 is 0 Å². The number of carbonyl (C=O) groups is 2. The molecule has 0 heterocycles. The number of methoxy groups -OCH3 is 1. The quantitative estimate of drug-likeness (QED) is 0.330. The molecule has 0 saturated heterocycles. The van der Waals surface area contributed by atoms with Crippen molar-refractivity contribution in [2.45, 2.75) is 85.5 Å². The molecule has 0 aliphatic rings. The average molecular weight is 375 g/mol. The number of rotatable bonds is 15. The maximum absolute atomic E-state index is 11.3. The summed E-state index contributed by atoms with van der Waals surface area (Å²) in [5.74, 6) is 0.296. The van der Waals surface area contributed by atoms with Crippen LogP contribution in [-0.4, -0.2) is 46.0 Å². The van der Waals surface area contributed by atoms with Gasteiger partial charge in [0.1, 0.15) is 12.9 Å². The van der Waals surface area contributed by atoms with Gasteiger partial charge in [-0.1, -0.05) is 72.6 Å². The Hall–Kier alpha value is -0.940. The van der Waals surface area contributed by atoms with Crippen LogP contribution in [0, 0.1) is 5.92 Å². The molecule has 158 valence electrons. The summed E-state index contributed by atoms with van der Waals surface area (Å²) in [4.78, 5) is 20.6. The van der Waals surface area contributed by atoms with Gasteiger partial charge in [0.15, 0.2) is 0 Å². The largest absolute Gasteiger partial charge is 0.377 e. The predicted molar refractivity (Wildman–Crippen MR) is 113 cm³/mol. The minimum absolute atomic E-state index is 0.114. The average Bonchev–Trinajstić information content (AvgIpc) is 2.65. The van der Waals surface area contributed by atoms with E-state index in [-0.39, 0.29) is 18.4 Å². The SMILES string of the molecule is CC.CNCCCCCCCCCCCNC(=O)C(C)C.COCC=O. The van der Waals surface area contributed by atoms with Gasteiger partial charge in [0, 0.05) is 19.6 Å².